The summed E-state index contributed by atoms with van der Waals surface area (Å²) in [6.07, 6.45) is 3.54. The SMILES string of the molecule is CCOc1cc(/C=C2/SC(=O)N(CC(=O)N3CCC(C)CC3)C2=O)ccc1OCc1ccc2ccccc2c1. The molecule has 0 bridgehead atoms. The Balaban J connectivity index is 1.27. The number of likely N-dealkylation sites (tertiary alicyclic amines) is 1. The number of thioether (sulfide) groups is 1. The lowest BCUT2D eigenvalue weighted by molar-refractivity contribution is -0.136. The quantitative estimate of drug-likeness (QED) is 0.319. The molecule has 5 rings (SSSR count). The molecule has 3 aromatic carbocycles. The lowest BCUT2D eigenvalue weighted by atomic mass is 9.99. The third-order valence-corrected chi connectivity index (χ3v) is 7.98. The summed E-state index contributed by atoms with van der Waals surface area (Å²) < 4.78 is 11.9. The van der Waals surface area contributed by atoms with Crippen LogP contribution in [-0.2, 0) is 16.2 Å². The molecule has 0 aliphatic carbocycles. The molecule has 2 fully saturated rings. The van der Waals surface area contributed by atoms with Gasteiger partial charge in [0, 0.05) is 13.1 Å². The first-order chi connectivity index (χ1) is 18.9. The van der Waals surface area contributed by atoms with E-state index in [0.29, 0.717) is 49.3 Å². The van der Waals surface area contributed by atoms with Crippen molar-refractivity contribution in [2.45, 2.75) is 33.3 Å². The molecule has 0 radical (unpaired) electrons. The van der Waals surface area contributed by atoms with Crippen LogP contribution in [0, 0.1) is 5.92 Å². The zero-order chi connectivity index (χ0) is 27.4. The highest BCUT2D eigenvalue weighted by atomic mass is 32.2. The predicted octanol–water partition coefficient (Wildman–Crippen LogP) is 6.11. The number of ether oxygens (including phenoxy) is 2. The van der Waals surface area contributed by atoms with Crippen LogP contribution in [0.4, 0.5) is 4.79 Å². The van der Waals surface area contributed by atoms with E-state index < -0.39 is 11.1 Å². The molecule has 2 saturated heterocycles. The Labute approximate surface area is 232 Å². The summed E-state index contributed by atoms with van der Waals surface area (Å²) in [5.41, 5.74) is 1.75. The normalized spacial score (nSPS) is 17.3. The minimum Gasteiger partial charge on any atom is -0.490 e. The average molecular weight is 545 g/mol. The van der Waals surface area contributed by atoms with E-state index in [9.17, 15) is 14.4 Å². The summed E-state index contributed by atoms with van der Waals surface area (Å²) in [6, 6.07) is 19.8. The number of hydrogen-bond acceptors (Lipinski definition) is 6. The fourth-order valence-electron chi connectivity index (χ4n) is 4.77. The second-order valence-corrected chi connectivity index (χ2v) is 10.9. The van der Waals surface area contributed by atoms with Crippen molar-refractivity contribution in [3.05, 3.63) is 76.7 Å². The number of piperidine rings is 1. The van der Waals surface area contributed by atoms with Crippen molar-refractivity contribution >= 4 is 45.7 Å². The van der Waals surface area contributed by atoms with Gasteiger partial charge in [-0.15, -0.1) is 0 Å². The van der Waals surface area contributed by atoms with Crippen molar-refractivity contribution in [1.29, 1.82) is 0 Å². The highest BCUT2D eigenvalue weighted by Gasteiger charge is 2.37. The summed E-state index contributed by atoms with van der Waals surface area (Å²) in [7, 11) is 0. The summed E-state index contributed by atoms with van der Waals surface area (Å²) >= 11 is 0.853. The number of amides is 3. The van der Waals surface area contributed by atoms with Crippen LogP contribution < -0.4 is 9.47 Å². The van der Waals surface area contributed by atoms with E-state index in [1.165, 1.54) is 5.39 Å². The van der Waals surface area contributed by atoms with Crippen molar-refractivity contribution in [3.8, 4) is 11.5 Å². The van der Waals surface area contributed by atoms with Crippen molar-refractivity contribution in [1.82, 2.24) is 9.80 Å². The molecule has 2 heterocycles. The molecule has 0 atom stereocenters. The third-order valence-electron chi connectivity index (χ3n) is 7.08. The standard InChI is InChI=1S/C31H32N2O5S/c1-3-37-27-17-22(9-11-26(27)38-20-23-8-10-24-6-4-5-7-25(24)16-23)18-28-30(35)33(31(36)39-28)19-29(34)32-14-12-21(2)13-15-32/h4-11,16-18,21H,3,12-15,19-20H2,1-2H3/b28-18+. The highest BCUT2D eigenvalue weighted by Crippen LogP contribution is 2.35. The Hall–Kier alpha value is -3.78. The van der Waals surface area contributed by atoms with Crippen LogP contribution in [0.5, 0.6) is 11.5 Å². The fraction of sp³-hybridized carbons (Fsp3) is 0.323. The Morgan fingerprint density at radius 1 is 0.974 bits per heavy atom. The Morgan fingerprint density at radius 2 is 1.74 bits per heavy atom. The molecule has 2 aliphatic rings. The van der Waals surface area contributed by atoms with Gasteiger partial charge in [0.1, 0.15) is 13.2 Å². The van der Waals surface area contributed by atoms with Crippen molar-refractivity contribution < 1.29 is 23.9 Å². The molecule has 39 heavy (non-hydrogen) atoms. The number of hydrogen-bond donors (Lipinski definition) is 0. The highest BCUT2D eigenvalue weighted by molar-refractivity contribution is 8.18. The molecule has 0 aromatic heterocycles. The van der Waals surface area contributed by atoms with Crippen LogP contribution >= 0.6 is 11.8 Å². The maximum absolute atomic E-state index is 13.0. The number of benzene rings is 3. The maximum Gasteiger partial charge on any atom is 0.294 e. The van der Waals surface area contributed by atoms with Gasteiger partial charge in [-0.25, -0.2) is 0 Å². The van der Waals surface area contributed by atoms with Gasteiger partial charge in [-0.2, -0.15) is 0 Å². The molecule has 8 heteroatoms. The Morgan fingerprint density at radius 3 is 2.51 bits per heavy atom. The van der Waals surface area contributed by atoms with E-state index >= 15 is 0 Å². The second kappa shape index (κ2) is 11.9. The maximum atomic E-state index is 13.0. The summed E-state index contributed by atoms with van der Waals surface area (Å²) in [5, 5.41) is 1.90. The van der Waals surface area contributed by atoms with Crippen LogP contribution in [-0.4, -0.2) is 53.1 Å². The average Bonchev–Trinajstić information content (AvgIpc) is 3.20. The van der Waals surface area contributed by atoms with Gasteiger partial charge in [-0.1, -0.05) is 49.4 Å². The van der Waals surface area contributed by atoms with Crippen LogP contribution in [0.3, 0.4) is 0 Å². The van der Waals surface area contributed by atoms with Gasteiger partial charge in [-0.3, -0.25) is 19.3 Å². The van der Waals surface area contributed by atoms with Crippen LogP contribution in [0.1, 0.15) is 37.8 Å². The predicted molar refractivity (Wildman–Crippen MR) is 154 cm³/mol. The molecular formula is C31H32N2O5S. The largest absolute Gasteiger partial charge is 0.490 e. The van der Waals surface area contributed by atoms with Gasteiger partial charge >= 0.3 is 0 Å². The number of imide groups is 1. The topological polar surface area (TPSA) is 76.2 Å². The van der Waals surface area contributed by atoms with Gasteiger partial charge in [0.25, 0.3) is 11.1 Å². The molecule has 0 unspecified atom stereocenters. The summed E-state index contributed by atoms with van der Waals surface area (Å²) in [5.74, 6) is 1.11. The lowest BCUT2D eigenvalue weighted by Gasteiger charge is -2.31. The number of carbonyl (C=O) groups excluding carboxylic acids is 3. The molecule has 0 saturated carbocycles. The van der Waals surface area contributed by atoms with Crippen LogP contribution in [0.15, 0.2) is 65.6 Å². The van der Waals surface area contributed by atoms with Gasteiger partial charge < -0.3 is 14.4 Å². The molecule has 2 aliphatic heterocycles. The molecule has 7 nitrogen and oxygen atoms in total. The molecule has 3 aromatic rings. The van der Waals surface area contributed by atoms with Crippen molar-refractivity contribution in [2.24, 2.45) is 5.92 Å². The van der Waals surface area contributed by atoms with E-state index in [0.717, 1.165) is 40.5 Å². The smallest absolute Gasteiger partial charge is 0.294 e. The van der Waals surface area contributed by atoms with Crippen LogP contribution in [0.25, 0.3) is 16.8 Å². The molecular weight excluding hydrogens is 512 g/mol. The number of rotatable bonds is 8. The zero-order valence-corrected chi connectivity index (χ0v) is 23.0. The number of fused-ring (bicyclic) bond motifs is 1. The van der Waals surface area contributed by atoms with Crippen molar-refractivity contribution in [3.63, 3.8) is 0 Å². The fourth-order valence-corrected chi connectivity index (χ4v) is 5.61. The molecule has 3 amide bonds. The third kappa shape index (κ3) is 6.28. The van der Waals surface area contributed by atoms with Gasteiger partial charge in [-0.05, 0) is 83.6 Å². The van der Waals surface area contributed by atoms with E-state index in [2.05, 4.69) is 31.2 Å². The first-order valence-electron chi connectivity index (χ1n) is 13.3. The zero-order valence-electron chi connectivity index (χ0n) is 22.2. The van der Waals surface area contributed by atoms with E-state index in [1.807, 2.05) is 37.3 Å². The molecule has 202 valence electrons. The number of carbonyl (C=O) groups is 3. The minimum atomic E-state index is -0.446. The first kappa shape index (κ1) is 26.8. The minimum absolute atomic E-state index is 0.183. The molecule has 0 N–H and O–H groups in total. The Kier molecular flexibility index (Phi) is 8.21. The Bertz CT molecular complexity index is 1430. The van der Waals surface area contributed by atoms with E-state index in [4.69, 9.17) is 9.47 Å². The molecule has 0 spiro atoms. The van der Waals surface area contributed by atoms with Crippen LogP contribution in [0.2, 0.25) is 0 Å². The van der Waals surface area contributed by atoms with E-state index in [1.54, 1.807) is 17.0 Å². The summed E-state index contributed by atoms with van der Waals surface area (Å²) in [4.78, 5) is 41.4. The lowest BCUT2D eigenvalue weighted by Crippen LogP contribution is -2.45. The number of nitrogens with zero attached hydrogens (tertiary/aromatic N) is 2. The van der Waals surface area contributed by atoms with Crippen molar-refractivity contribution in [2.75, 3.05) is 26.2 Å². The van der Waals surface area contributed by atoms with Gasteiger partial charge in [0.15, 0.2) is 11.5 Å². The summed E-state index contributed by atoms with van der Waals surface area (Å²) in [6.45, 7) is 6.01. The van der Waals surface area contributed by atoms with E-state index in [-0.39, 0.29) is 17.4 Å². The monoisotopic (exact) mass is 544 g/mol. The first-order valence-corrected chi connectivity index (χ1v) is 14.1. The second-order valence-electron chi connectivity index (χ2n) is 9.94. The van der Waals surface area contributed by atoms with Gasteiger partial charge in [0.2, 0.25) is 5.91 Å². The van der Waals surface area contributed by atoms with Gasteiger partial charge in [0.05, 0.1) is 11.5 Å².